The highest BCUT2D eigenvalue weighted by Crippen LogP contribution is 2.35. The van der Waals surface area contributed by atoms with Crippen molar-refractivity contribution >= 4 is 17.9 Å². The van der Waals surface area contributed by atoms with Crippen LogP contribution in [0.2, 0.25) is 0 Å². The maximum atomic E-state index is 11.7. The van der Waals surface area contributed by atoms with Crippen LogP contribution in [0, 0.1) is 0 Å². The van der Waals surface area contributed by atoms with Gasteiger partial charge in [-0.15, -0.1) is 0 Å². The Hall–Kier alpha value is -3.01. The Labute approximate surface area is 167 Å². The zero-order chi connectivity index (χ0) is 21.0. The first kappa shape index (κ1) is 20.7. The number of carbonyl (C=O) groups excluding carboxylic acids is 3. The van der Waals surface area contributed by atoms with E-state index < -0.39 is 48.5 Å². The Kier molecular flexibility index (Phi) is 6.42. The number of hydrogen-bond donors (Lipinski definition) is 0. The van der Waals surface area contributed by atoms with Gasteiger partial charge in [0.05, 0.1) is 6.54 Å². The maximum Gasteiger partial charge on any atom is 0.303 e. The van der Waals surface area contributed by atoms with Gasteiger partial charge in [0.1, 0.15) is 12.7 Å². The molecule has 10 heteroatoms. The van der Waals surface area contributed by atoms with Crippen molar-refractivity contribution < 1.29 is 33.3 Å². The zero-order valence-electron chi connectivity index (χ0n) is 16.4. The summed E-state index contributed by atoms with van der Waals surface area (Å²) < 4.78 is 21.9. The highest BCUT2D eigenvalue weighted by Gasteiger charge is 2.54. The van der Waals surface area contributed by atoms with E-state index in [1.807, 2.05) is 30.3 Å². The van der Waals surface area contributed by atoms with Gasteiger partial charge in [-0.2, -0.15) is 5.11 Å². The van der Waals surface area contributed by atoms with Crippen molar-refractivity contribution in [1.82, 2.24) is 5.01 Å². The number of rotatable bonds is 6. The number of ether oxygens (including phenoxy) is 4. The number of esters is 3. The summed E-state index contributed by atoms with van der Waals surface area (Å²) in [6.45, 7) is 3.99. The standard InChI is InChI=1S/C19H23N3O7/c1-11(23)26-10-15-17(27-12(2)24)18(28-13(3)25)16-19(29-15)22(21-20-16)9-14-7-5-4-6-8-14/h4-8,15-19H,9-10H2,1-3H3/t15-,16-,17-,18-,19+/m1/s1. The molecular weight excluding hydrogens is 382 g/mol. The Morgan fingerprint density at radius 3 is 2.28 bits per heavy atom. The molecule has 0 N–H and O–H groups in total. The lowest BCUT2D eigenvalue weighted by Gasteiger charge is -2.42. The number of benzene rings is 1. The van der Waals surface area contributed by atoms with Crippen molar-refractivity contribution in [2.24, 2.45) is 10.3 Å². The van der Waals surface area contributed by atoms with E-state index in [0.29, 0.717) is 6.54 Å². The Bertz CT molecular complexity index is 785. The fourth-order valence-electron chi connectivity index (χ4n) is 3.34. The molecule has 1 aromatic carbocycles. The highest BCUT2D eigenvalue weighted by atomic mass is 16.6. The summed E-state index contributed by atoms with van der Waals surface area (Å²) in [6, 6.07) is 8.90. The third kappa shape index (κ3) is 5.08. The van der Waals surface area contributed by atoms with E-state index in [-0.39, 0.29) is 6.61 Å². The van der Waals surface area contributed by atoms with E-state index in [1.165, 1.54) is 20.8 Å². The van der Waals surface area contributed by atoms with Gasteiger partial charge in [0.25, 0.3) is 0 Å². The monoisotopic (exact) mass is 405 g/mol. The third-order valence-electron chi connectivity index (χ3n) is 4.47. The van der Waals surface area contributed by atoms with Crippen LogP contribution in [-0.2, 0) is 39.9 Å². The van der Waals surface area contributed by atoms with Gasteiger partial charge < -0.3 is 18.9 Å². The van der Waals surface area contributed by atoms with Gasteiger partial charge in [-0.3, -0.25) is 14.4 Å². The number of carbonyl (C=O) groups is 3. The molecule has 10 nitrogen and oxygen atoms in total. The normalized spacial score (nSPS) is 27.8. The van der Waals surface area contributed by atoms with Crippen molar-refractivity contribution in [3.8, 4) is 0 Å². The summed E-state index contributed by atoms with van der Waals surface area (Å²) in [7, 11) is 0. The average Bonchev–Trinajstić information content (AvgIpc) is 3.04. The van der Waals surface area contributed by atoms with Crippen LogP contribution in [-0.4, -0.2) is 60.1 Å². The first-order valence-corrected chi connectivity index (χ1v) is 9.19. The number of nitrogens with zero attached hydrogens (tertiary/aromatic N) is 3. The van der Waals surface area contributed by atoms with Crippen LogP contribution < -0.4 is 0 Å². The predicted molar refractivity (Wildman–Crippen MR) is 97.0 cm³/mol. The Morgan fingerprint density at radius 2 is 1.66 bits per heavy atom. The molecule has 0 bridgehead atoms. The van der Waals surface area contributed by atoms with Gasteiger partial charge >= 0.3 is 17.9 Å². The molecule has 0 amide bonds. The molecule has 0 aliphatic carbocycles. The van der Waals surface area contributed by atoms with E-state index in [4.69, 9.17) is 18.9 Å². The van der Waals surface area contributed by atoms with Crippen LogP contribution in [0.15, 0.2) is 40.7 Å². The van der Waals surface area contributed by atoms with E-state index in [0.717, 1.165) is 5.56 Å². The van der Waals surface area contributed by atoms with Crippen LogP contribution in [0.1, 0.15) is 26.3 Å². The smallest absolute Gasteiger partial charge is 0.303 e. The molecule has 5 atom stereocenters. The van der Waals surface area contributed by atoms with Crippen LogP contribution in [0.3, 0.4) is 0 Å². The lowest BCUT2D eigenvalue weighted by molar-refractivity contribution is -0.236. The average molecular weight is 405 g/mol. The van der Waals surface area contributed by atoms with Gasteiger partial charge in [-0.25, -0.2) is 5.01 Å². The summed E-state index contributed by atoms with van der Waals surface area (Å²) in [5.74, 6) is -1.66. The van der Waals surface area contributed by atoms with E-state index in [1.54, 1.807) is 5.01 Å². The first-order chi connectivity index (χ1) is 13.8. The number of fused-ring (bicyclic) bond motifs is 1. The van der Waals surface area contributed by atoms with E-state index in [2.05, 4.69) is 10.3 Å². The zero-order valence-corrected chi connectivity index (χ0v) is 16.4. The van der Waals surface area contributed by atoms with Crippen molar-refractivity contribution in [2.75, 3.05) is 6.61 Å². The molecule has 0 radical (unpaired) electrons. The molecule has 0 spiro atoms. The molecule has 29 heavy (non-hydrogen) atoms. The summed E-state index contributed by atoms with van der Waals surface area (Å²) >= 11 is 0. The van der Waals surface area contributed by atoms with Crippen molar-refractivity contribution in [3.05, 3.63) is 35.9 Å². The van der Waals surface area contributed by atoms with Crippen molar-refractivity contribution in [1.29, 1.82) is 0 Å². The van der Waals surface area contributed by atoms with Crippen LogP contribution in [0.25, 0.3) is 0 Å². The fraction of sp³-hybridized carbons (Fsp3) is 0.526. The van der Waals surface area contributed by atoms with E-state index >= 15 is 0 Å². The Morgan fingerprint density at radius 1 is 1.00 bits per heavy atom. The first-order valence-electron chi connectivity index (χ1n) is 9.19. The molecule has 156 valence electrons. The second kappa shape index (κ2) is 8.99. The molecule has 2 aliphatic heterocycles. The van der Waals surface area contributed by atoms with Crippen molar-refractivity contribution in [2.45, 2.75) is 57.9 Å². The van der Waals surface area contributed by atoms with Crippen LogP contribution in [0.5, 0.6) is 0 Å². The topological polar surface area (TPSA) is 116 Å². The molecule has 2 aliphatic rings. The molecule has 2 heterocycles. The largest absolute Gasteiger partial charge is 0.463 e. The molecule has 1 saturated heterocycles. The third-order valence-corrected chi connectivity index (χ3v) is 4.47. The minimum absolute atomic E-state index is 0.173. The predicted octanol–water partition coefficient (Wildman–Crippen LogP) is 1.39. The lowest BCUT2D eigenvalue weighted by Crippen LogP contribution is -2.62. The van der Waals surface area contributed by atoms with Gasteiger partial charge in [0, 0.05) is 20.8 Å². The number of hydrogen-bond acceptors (Lipinski definition) is 10. The molecule has 0 saturated carbocycles. The second-order valence-corrected chi connectivity index (χ2v) is 6.79. The maximum absolute atomic E-state index is 11.7. The molecular formula is C19H23N3O7. The Balaban J connectivity index is 1.85. The van der Waals surface area contributed by atoms with E-state index in [9.17, 15) is 14.4 Å². The lowest BCUT2D eigenvalue weighted by atomic mass is 9.96. The molecule has 0 aromatic heterocycles. The molecule has 3 rings (SSSR count). The van der Waals surface area contributed by atoms with Gasteiger partial charge in [0.2, 0.25) is 0 Å². The minimum atomic E-state index is -0.993. The fourth-order valence-corrected chi connectivity index (χ4v) is 3.34. The summed E-state index contributed by atoms with van der Waals surface area (Å²) in [6.07, 6.45) is -3.45. The van der Waals surface area contributed by atoms with Gasteiger partial charge in [-0.1, -0.05) is 35.6 Å². The van der Waals surface area contributed by atoms with Crippen LogP contribution >= 0.6 is 0 Å². The summed E-state index contributed by atoms with van der Waals surface area (Å²) in [5.41, 5.74) is 0.985. The quantitative estimate of drug-likeness (QED) is 0.515. The van der Waals surface area contributed by atoms with Crippen molar-refractivity contribution in [3.63, 3.8) is 0 Å². The second-order valence-electron chi connectivity index (χ2n) is 6.79. The summed E-state index contributed by atoms with van der Waals surface area (Å²) in [4.78, 5) is 34.6. The minimum Gasteiger partial charge on any atom is -0.463 e. The van der Waals surface area contributed by atoms with Gasteiger partial charge in [-0.05, 0) is 5.56 Å². The molecule has 0 unspecified atom stereocenters. The van der Waals surface area contributed by atoms with Gasteiger partial charge in [0.15, 0.2) is 24.5 Å². The van der Waals surface area contributed by atoms with Crippen LogP contribution in [0.4, 0.5) is 0 Å². The molecule has 1 fully saturated rings. The highest BCUT2D eigenvalue weighted by molar-refractivity contribution is 5.68. The molecule has 1 aromatic rings. The SMILES string of the molecule is CC(=O)OC[C@H]1O[C@H]2[C@H](N=NN2Cc2ccccc2)[C@@H](OC(C)=O)[C@@H]1OC(C)=O. The summed E-state index contributed by atoms with van der Waals surface area (Å²) in [5, 5.41) is 10.0.